The third-order valence-corrected chi connectivity index (χ3v) is 4.17. The number of aryl methyl sites for hydroxylation is 1. The van der Waals surface area contributed by atoms with Crippen molar-refractivity contribution in [1.82, 2.24) is 20.2 Å². The molecule has 142 valence electrons. The average molecular weight is 367 g/mol. The quantitative estimate of drug-likeness (QED) is 0.589. The van der Waals surface area contributed by atoms with E-state index in [1.54, 1.807) is 11.8 Å². The summed E-state index contributed by atoms with van der Waals surface area (Å²) in [5.74, 6) is 2.10. The molecular formula is C20H25N5O2. The van der Waals surface area contributed by atoms with E-state index in [1.807, 2.05) is 48.5 Å². The summed E-state index contributed by atoms with van der Waals surface area (Å²) in [5, 5.41) is 15.1. The van der Waals surface area contributed by atoms with Crippen molar-refractivity contribution in [3.8, 4) is 11.5 Å². The second-order valence-corrected chi connectivity index (χ2v) is 6.19. The van der Waals surface area contributed by atoms with Gasteiger partial charge in [0.15, 0.2) is 11.5 Å². The van der Waals surface area contributed by atoms with Gasteiger partial charge in [-0.2, -0.15) is 0 Å². The molecule has 1 heterocycles. The largest absolute Gasteiger partial charge is 0.493 e. The van der Waals surface area contributed by atoms with E-state index in [9.17, 15) is 0 Å². The van der Waals surface area contributed by atoms with Crippen molar-refractivity contribution in [2.24, 2.45) is 0 Å². The van der Waals surface area contributed by atoms with Crippen LogP contribution >= 0.6 is 0 Å². The van der Waals surface area contributed by atoms with Gasteiger partial charge in [0.25, 0.3) is 0 Å². The molecule has 7 nitrogen and oxygen atoms in total. The van der Waals surface area contributed by atoms with E-state index in [2.05, 4.69) is 27.8 Å². The highest BCUT2D eigenvalue weighted by molar-refractivity contribution is 5.44. The van der Waals surface area contributed by atoms with Gasteiger partial charge in [-0.25, -0.2) is 4.68 Å². The van der Waals surface area contributed by atoms with Crippen LogP contribution in [0.15, 0.2) is 48.5 Å². The van der Waals surface area contributed by atoms with E-state index in [4.69, 9.17) is 9.47 Å². The minimum atomic E-state index is 0.501. The fourth-order valence-corrected chi connectivity index (χ4v) is 2.65. The Hall–Kier alpha value is -3.09. The molecule has 0 spiro atoms. The molecule has 0 aliphatic rings. The third-order valence-electron chi connectivity index (χ3n) is 4.17. The molecular weight excluding hydrogens is 342 g/mol. The number of nitrogens with zero attached hydrogens (tertiary/aromatic N) is 4. The van der Waals surface area contributed by atoms with Crippen LogP contribution in [0, 0.1) is 0 Å². The number of rotatable bonds is 10. The number of tetrazole rings is 1. The van der Waals surface area contributed by atoms with Gasteiger partial charge in [0.05, 0.1) is 7.11 Å². The monoisotopic (exact) mass is 367 g/mol. The molecule has 7 heteroatoms. The smallest absolute Gasteiger partial charge is 0.243 e. The molecule has 0 saturated heterocycles. The molecule has 0 amide bonds. The molecule has 0 radical (unpaired) electrons. The van der Waals surface area contributed by atoms with Crippen molar-refractivity contribution in [1.29, 1.82) is 0 Å². The molecule has 0 aliphatic heterocycles. The van der Waals surface area contributed by atoms with Crippen LogP contribution in [0.5, 0.6) is 11.5 Å². The van der Waals surface area contributed by atoms with E-state index >= 15 is 0 Å². The maximum Gasteiger partial charge on any atom is 0.243 e. The van der Waals surface area contributed by atoms with Crippen LogP contribution in [0.1, 0.15) is 30.9 Å². The Kier molecular flexibility index (Phi) is 6.62. The van der Waals surface area contributed by atoms with E-state index in [-0.39, 0.29) is 0 Å². The van der Waals surface area contributed by atoms with Gasteiger partial charge in [0.1, 0.15) is 6.61 Å². The van der Waals surface area contributed by atoms with Crippen LogP contribution in [-0.2, 0) is 19.7 Å². The summed E-state index contributed by atoms with van der Waals surface area (Å²) in [5.41, 5.74) is 2.17. The number of methoxy groups -OCH3 is 1. The zero-order chi connectivity index (χ0) is 18.9. The third kappa shape index (κ3) is 5.20. The van der Waals surface area contributed by atoms with Crippen molar-refractivity contribution >= 4 is 5.95 Å². The van der Waals surface area contributed by atoms with Crippen LogP contribution in [0.2, 0.25) is 0 Å². The van der Waals surface area contributed by atoms with Gasteiger partial charge >= 0.3 is 0 Å². The van der Waals surface area contributed by atoms with Crippen molar-refractivity contribution in [3.05, 3.63) is 59.7 Å². The summed E-state index contributed by atoms with van der Waals surface area (Å²) in [6.07, 6.45) is 2.14. The molecule has 0 saturated carbocycles. The van der Waals surface area contributed by atoms with Crippen LogP contribution in [-0.4, -0.2) is 27.3 Å². The summed E-state index contributed by atoms with van der Waals surface area (Å²) < 4.78 is 13.2. The minimum Gasteiger partial charge on any atom is -0.493 e. The van der Waals surface area contributed by atoms with Crippen molar-refractivity contribution in [2.75, 3.05) is 12.4 Å². The number of unbranched alkanes of at least 4 members (excludes halogenated alkanes) is 1. The summed E-state index contributed by atoms with van der Waals surface area (Å²) >= 11 is 0. The zero-order valence-electron chi connectivity index (χ0n) is 15.8. The molecule has 0 atom stereocenters. The second-order valence-electron chi connectivity index (χ2n) is 6.19. The Morgan fingerprint density at radius 1 is 1.04 bits per heavy atom. The first-order valence-electron chi connectivity index (χ1n) is 9.14. The van der Waals surface area contributed by atoms with Crippen LogP contribution in [0.3, 0.4) is 0 Å². The van der Waals surface area contributed by atoms with Gasteiger partial charge in [-0.3, -0.25) is 0 Å². The number of nitrogens with one attached hydrogen (secondary N) is 1. The van der Waals surface area contributed by atoms with E-state index < -0.39 is 0 Å². The van der Waals surface area contributed by atoms with Crippen LogP contribution in [0.25, 0.3) is 0 Å². The average Bonchev–Trinajstić information content (AvgIpc) is 3.17. The number of aromatic nitrogens is 4. The first-order valence-corrected chi connectivity index (χ1v) is 9.14. The van der Waals surface area contributed by atoms with Gasteiger partial charge in [-0.05, 0) is 40.1 Å². The molecule has 0 fully saturated rings. The lowest BCUT2D eigenvalue weighted by atomic mass is 10.2. The molecule has 1 aromatic heterocycles. The summed E-state index contributed by atoms with van der Waals surface area (Å²) in [7, 11) is 1.65. The molecule has 3 rings (SSSR count). The topological polar surface area (TPSA) is 74.1 Å². The van der Waals surface area contributed by atoms with E-state index in [1.165, 1.54) is 0 Å². The lowest BCUT2D eigenvalue weighted by molar-refractivity contribution is 0.284. The van der Waals surface area contributed by atoms with E-state index in [0.29, 0.717) is 24.8 Å². The summed E-state index contributed by atoms with van der Waals surface area (Å²) in [6.45, 7) is 4.05. The van der Waals surface area contributed by atoms with Gasteiger partial charge < -0.3 is 14.8 Å². The Bertz CT molecular complexity index is 835. The lowest BCUT2D eigenvalue weighted by Crippen LogP contribution is -2.09. The maximum atomic E-state index is 5.90. The summed E-state index contributed by atoms with van der Waals surface area (Å²) in [4.78, 5) is 0. The van der Waals surface area contributed by atoms with Crippen molar-refractivity contribution < 1.29 is 9.47 Å². The normalized spacial score (nSPS) is 10.6. The number of anilines is 1. The maximum absolute atomic E-state index is 5.90. The van der Waals surface area contributed by atoms with Gasteiger partial charge in [-0.1, -0.05) is 54.8 Å². The summed E-state index contributed by atoms with van der Waals surface area (Å²) in [6, 6.07) is 16.0. The van der Waals surface area contributed by atoms with Crippen molar-refractivity contribution in [2.45, 2.75) is 39.5 Å². The van der Waals surface area contributed by atoms with Crippen LogP contribution in [0.4, 0.5) is 5.95 Å². The SMILES string of the molecule is CCCCn1nnnc1NCc1ccc(OCc2ccccc2)c(OC)c1. The van der Waals surface area contributed by atoms with Gasteiger partial charge in [0.2, 0.25) is 5.95 Å². The Morgan fingerprint density at radius 2 is 1.89 bits per heavy atom. The highest BCUT2D eigenvalue weighted by Crippen LogP contribution is 2.29. The minimum absolute atomic E-state index is 0.501. The fraction of sp³-hybridized carbons (Fsp3) is 0.350. The highest BCUT2D eigenvalue weighted by atomic mass is 16.5. The second kappa shape index (κ2) is 9.56. The van der Waals surface area contributed by atoms with Gasteiger partial charge in [-0.15, -0.1) is 0 Å². The molecule has 27 heavy (non-hydrogen) atoms. The Morgan fingerprint density at radius 3 is 2.67 bits per heavy atom. The Balaban J connectivity index is 1.61. The molecule has 3 aromatic rings. The van der Waals surface area contributed by atoms with Crippen molar-refractivity contribution in [3.63, 3.8) is 0 Å². The molecule has 2 aromatic carbocycles. The Labute approximate surface area is 159 Å². The van der Waals surface area contributed by atoms with Gasteiger partial charge in [0, 0.05) is 13.1 Å². The molecule has 0 aliphatic carbocycles. The van der Waals surface area contributed by atoms with Crippen LogP contribution < -0.4 is 14.8 Å². The lowest BCUT2D eigenvalue weighted by Gasteiger charge is -2.13. The standard InChI is InChI=1S/C20H25N5O2/c1-3-4-12-25-20(22-23-24-25)21-14-17-10-11-18(19(13-17)26-2)27-15-16-8-6-5-7-9-16/h5-11,13H,3-4,12,14-15H2,1-2H3,(H,21,22,24). The first kappa shape index (κ1) is 18.7. The predicted molar refractivity (Wildman–Crippen MR) is 104 cm³/mol. The molecule has 0 unspecified atom stereocenters. The predicted octanol–water partition coefficient (Wildman–Crippen LogP) is 3.67. The number of hydrogen-bond acceptors (Lipinski definition) is 6. The number of hydrogen-bond donors (Lipinski definition) is 1. The fourth-order valence-electron chi connectivity index (χ4n) is 2.65. The number of benzene rings is 2. The highest BCUT2D eigenvalue weighted by Gasteiger charge is 2.09. The van der Waals surface area contributed by atoms with E-state index in [0.717, 1.165) is 36.3 Å². The molecule has 0 bridgehead atoms. The number of ether oxygens (including phenoxy) is 2. The molecule has 1 N–H and O–H groups in total. The first-order chi connectivity index (χ1) is 13.3. The zero-order valence-corrected chi connectivity index (χ0v) is 15.8.